The van der Waals surface area contributed by atoms with Gasteiger partial charge in [-0.05, 0) is 56.1 Å². The third-order valence-corrected chi connectivity index (χ3v) is 5.13. The van der Waals surface area contributed by atoms with Crippen molar-refractivity contribution in [2.75, 3.05) is 34.3 Å². The number of hydrogen-bond donors (Lipinski definition) is 1. The zero-order valence-electron chi connectivity index (χ0n) is 16.6. The molecule has 1 heterocycles. The number of halogens is 1. The summed E-state index contributed by atoms with van der Waals surface area (Å²) < 4.78 is 5.14. The van der Waals surface area contributed by atoms with E-state index in [1.54, 1.807) is 55.6 Å². The summed E-state index contributed by atoms with van der Waals surface area (Å²) in [7, 11) is 5.34. The molecule has 6 nitrogen and oxygen atoms in total. The second-order valence-electron chi connectivity index (χ2n) is 7.08. The molecule has 0 spiro atoms. The summed E-state index contributed by atoms with van der Waals surface area (Å²) in [5, 5.41) is 11.5. The normalized spacial score (nSPS) is 18.5. The number of methoxy groups -OCH3 is 1. The number of ketones is 1. The van der Waals surface area contributed by atoms with E-state index in [1.165, 1.54) is 4.90 Å². The second kappa shape index (κ2) is 8.68. The molecule has 2 aromatic rings. The summed E-state index contributed by atoms with van der Waals surface area (Å²) >= 11 is 6.01. The largest absolute Gasteiger partial charge is 0.507 e. The minimum atomic E-state index is -0.697. The Labute approximate surface area is 174 Å². The molecule has 1 aliphatic heterocycles. The number of carbonyl (C=O) groups is 2. The van der Waals surface area contributed by atoms with Crippen molar-refractivity contribution >= 4 is 29.1 Å². The molecule has 7 heteroatoms. The molecule has 0 aromatic heterocycles. The summed E-state index contributed by atoms with van der Waals surface area (Å²) in [6, 6.07) is 12.9. The Balaban J connectivity index is 2.11. The molecular formula is C22H23ClN2O4. The SMILES string of the molecule is COc1ccc(C(O)=C2C(=O)C(=O)N(CCN(C)C)[C@@H]2c2ccc(Cl)cc2)cc1. The van der Waals surface area contributed by atoms with Crippen LogP contribution in [-0.2, 0) is 9.59 Å². The molecule has 2 aromatic carbocycles. The van der Waals surface area contributed by atoms with E-state index < -0.39 is 17.7 Å². The van der Waals surface area contributed by atoms with Crippen LogP contribution in [0.1, 0.15) is 17.2 Å². The highest BCUT2D eigenvalue weighted by Crippen LogP contribution is 2.39. The van der Waals surface area contributed by atoms with Crippen molar-refractivity contribution in [3.63, 3.8) is 0 Å². The van der Waals surface area contributed by atoms with Gasteiger partial charge in [-0.25, -0.2) is 0 Å². The van der Waals surface area contributed by atoms with Gasteiger partial charge in [0.15, 0.2) is 0 Å². The van der Waals surface area contributed by atoms with E-state index in [0.717, 1.165) is 0 Å². The Bertz CT molecular complexity index is 936. The number of hydrogen-bond acceptors (Lipinski definition) is 5. The quantitative estimate of drug-likeness (QED) is 0.446. The summed E-state index contributed by atoms with van der Waals surface area (Å²) in [5.41, 5.74) is 1.22. The van der Waals surface area contributed by atoms with E-state index in [0.29, 0.717) is 35.0 Å². The predicted octanol–water partition coefficient (Wildman–Crippen LogP) is 3.33. The Morgan fingerprint density at radius 3 is 2.28 bits per heavy atom. The molecule has 0 saturated carbocycles. The lowest BCUT2D eigenvalue weighted by atomic mass is 9.95. The van der Waals surface area contributed by atoms with Gasteiger partial charge in [-0.3, -0.25) is 9.59 Å². The van der Waals surface area contributed by atoms with Gasteiger partial charge in [-0.15, -0.1) is 0 Å². The Kier molecular flexibility index (Phi) is 6.25. The molecule has 1 atom stereocenters. The first kappa shape index (κ1) is 20.9. The van der Waals surface area contributed by atoms with Crippen LogP contribution in [0.4, 0.5) is 0 Å². The van der Waals surface area contributed by atoms with Crippen molar-refractivity contribution in [2.45, 2.75) is 6.04 Å². The third kappa shape index (κ3) is 4.28. The van der Waals surface area contributed by atoms with Crippen molar-refractivity contribution in [1.29, 1.82) is 0 Å². The number of aliphatic hydroxyl groups is 1. The number of likely N-dealkylation sites (tertiary alicyclic amines) is 1. The van der Waals surface area contributed by atoms with Crippen molar-refractivity contribution in [3.8, 4) is 5.75 Å². The summed E-state index contributed by atoms with van der Waals surface area (Å²) in [6.45, 7) is 0.934. The first-order valence-electron chi connectivity index (χ1n) is 9.16. The highest BCUT2D eigenvalue weighted by Gasteiger charge is 2.45. The van der Waals surface area contributed by atoms with Gasteiger partial charge in [-0.2, -0.15) is 0 Å². The number of amides is 1. The van der Waals surface area contributed by atoms with Crippen LogP contribution in [0.2, 0.25) is 5.02 Å². The van der Waals surface area contributed by atoms with Crippen LogP contribution in [0.3, 0.4) is 0 Å². The van der Waals surface area contributed by atoms with Gasteiger partial charge in [0.1, 0.15) is 11.5 Å². The number of Topliss-reactive ketones (excluding diaryl/α,β-unsaturated/α-hetero) is 1. The maximum absolute atomic E-state index is 12.9. The van der Waals surface area contributed by atoms with E-state index >= 15 is 0 Å². The van der Waals surface area contributed by atoms with E-state index in [-0.39, 0.29) is 11.3 Å². The average Bonchev–Trinajstić information content (AvgIpc) is 2.97. The smallest absolute Gasteiger partial charge is 0.295 e. The molecule has 0 unspecified atom stereocenters. The molecule has 0 aliphatic carbocycles. The fourth-order valence-electron chi connectivity index (χ4n) is 3.31. The van der Waals surface area contributed by atoms with Crippen molar-refractivity contribution in [2.24, 2.45) is 0 Å². The number of ether oxygens (including phenoxy) is 1. The first-order valence-corrected chi connectivity index (χ1v) is 9.54. The van der Waals surface area contributed by atoms with Crippen LogP contribution in [0.15, 0.2) is 54.1 Å². The fraction of sp³-hybridized carbons (Fsp3) is 0.273. The number of benzene rings is 2. The second-order valence-corrected chi connectivity index (χ2v) is 7.51. The monoisotopic (exact) mass is 414 g/mol. The predicted molar refractivity (Wildman–Crippen MR) is 112 cm³/mol. The minimum absolute atomic E-state index is 0.0706. The number of carbonyl (C=O) groups excluding carboxylic acids is 2. The van der Waals surface area contributed by atoms with Crippen LogP contribution in [-0.4, -0.2) is 60.9 Å². The van der Waals surface area contributed by atoms with Gasteiger partial charge in [0.05, 0.1) is 18.7 Å². The molecular weight excluding hydrogens is 392 g/mol. The van der Waals surface area contributed by atoms with Gasteiger partial charge >= 0.3 is 0 Å². The molecule has 1 aliphatic rings. The molecule has 3 rings (SSSR count). The molecule has 1 saturated heterocycles. The summed E-state index contributed by atoms with van der Waals surface area (Å²) in [5.74, 6) is -0.903. The van der Waals surface area contributed by atoms with E-state index in [4.69, 9.17) is 16.3 Å². The molecule has 1 amide bonds. The molecule has 1 fully saturated rings. The fourth-order valence-corrected chi connectivity index (χ4v) is 3.44. The van der Waals surface area contributed by atoms with E-state index in [1.807, 2.05) is 19.0 Å². The maximum Gasteiger partial charge on any atom is 0.295 e. The van der Waals surface area contributed by atoms with Gasteiger partial charge < -0.3 is 19.6 Å². The highest BCUT2D eigenvalue weighted by atomic mass is 35.5. The number of rotatable bonds is 6. The third-order valence-electron chi connectivity index (χ3n) is 4.88. The lowest BCUT2D eigenvalue weighted by Crippen LogP contribution is -2.35. The lowest BCUT2D eigenvalue weighted by Gasteiger charge is -2.26. The van der Waals surface area contributed by atoms with Crippen LogP contribution in [0, 0.1) is 0 Å². The maximum atomic E-state index is 12.9. The van der Waals surface area contributed by atoms with Crippen molar-refractivity contribution in [1.82, 2.24) is 9.80 Å². The van der Waals surface area contributed by atoms with Crippen LogP contribution >= 0.6 is 11.6 Å². The molecule has 1 N–H and O–H groups in total. The summed E-state index contributed by atoms with van der Waals surface area (Å²) in [6.07, 6.45) is 0. The van der Waals surface area contributed by atoms with E-state index in [9.17, 15) is 14.7 Å². The minimum Gasteiger partial charge on any atom is -0.507 e. The highest BCUT2D eigenvalue weighted by molar-refractivity contribution is 6.46. The number of nitrogens with zero attached hydrogens (tertiary/aromatic N) is 2. The number of likely N-dealkylation sites (N-methyl/N-ethyl adjacent to an activating group) is 1. The van der Waals surface area contributed by atoms with Gasteiger partial charge in [0, 0.05) is 23.7 Å². The Morgan fingerprint density at radius 1 is 1.10 bits per heavy atom. The van der Waals surface area contributed by atoms with Crippen molar-refractivity contribution in [3.05, 3.63) is 70.3 Å². The topological polar surface area (TPSA) is 70.1 Å². The van der Waals surface area contributed by atoms with Crippen LogP contribution < -0.4 is 4.74 Å². The lowest BCUT2D eigenvalue weighted by molar-refractivity contribution is -0.140. The van der Waals surface area contributed by atoms with Crippen LogP contribution in [0.5, 0.6) is 5.75 Å². The van der Waals surface area contributed by atoms with Gasteiger partial charge in [0.2, 0.25) is 0 Å². The standard InChI is InChI=1S/C22H23ClN2O4/c1-24(2)12-13-25-19(14-4-8-16(23)9-5-14)18(21(27)22(25)28)20(26)15-6-10-17(29-3)11-7-15/h4-11,19,26H,12-13H2,1-3H3/t19-/m1/s1. The van der Waals surface area contributed by atoms with Gasteiger partial charge in [-0.1, -0.05) is 23.7 Å². The summed E-state index contributed by atoms with van der Waals surface area (Å²) in [4.78, 5) is 29.1. The van der Waals surface area contributed by atoms with Gasteiger partial charge in [0.25, 0.3) is 11.7 Å². The van der Waals surface area contributed by atoms with Crippen LogP contribution in [0.25, 0.3) is 5.76 Å². The average molecular weight is 415 g/mol. The Hall–Kier alpha value is -2.83. The molecule has 0 radical (unpaired) electrons. The number of aliphatic hydroxyl groups excluding tert-OH is 1. The zero-order valence-corrected chi connectivity index (χ0v) is 17.3. The first-order chi connectivity index (χ1) is 13.8. The van der Waals surface area contributed by atoms with E-state index in [2.05, 4.69) is 0 Å². The Morgan fingerprint density at radius 2 is 1.72 bits per heavy atom. The zero-order chi connectivity index (χ0) is 21.1. The molecule has 29 heavy (non-hydrogen) atoms. The molecule has 0 bridgehead atoms. The van der Waals surface area contributed by atoms with Crippen molar-refractivity contribution < 1.29 is 19.4 Å². The molecule has 152 valence electrons.